The van der Waals surface area contributed by atoms with Gasteiger partial charge in [-0.25, -0.2) is 0 Å². The van der Waals surface area contributed by atoms with Gasteiger partial charge in [0.15, 0.2) is 5.01 Å². The smallest absolute Gasteiger partial charge is 0.150 e. The van der Waals surface area contributed by atoms with Gasteiger partial charge in [-0.1, -0.05) is 47.5 Å². The maximum Gasteiger partial charge on any atom is 0.150 e. The van der Waals surface area contributed by atoms with E-state index < -0.39 is 0 Å². The summed E-state index contributed by atoms with van der Waals surface area (Å²) >= 11 is 13.8. The van der Waals surface area contributed by atoms with Crippen LogP contribution >= 0.6 is 34.5 Å². The predicted octanol–water partition coefficient (Wildman–Crippen LogP) is 3.66. The molecule has 0 fully saturated rings. The van der Waals surface area contributed by atoms with Gasteiger partial charge in [-0.05, 0) is 18.7 Å². The minimum Gasteiger partial charge on any atom is -0.317 e. The van der Waals surface area contributed by atoms with Gasteiger partial charge in [0.1, 0.15) is 5.01 Å². The minimum absolute atomic E-state index is 0.608. The maximum atomic E-state index is 6.14. The molecular formula is C12H13Cl2N3S. The Kier molecular flexibility index (Phi) is 4.95. The highest BCUT2D eigenvalue weighted by Crippen LogP contribution is 2.35. The second-order valence-corrected chi connectivity index (χ2v) is 5.58. The molecule has 0 aliphatic rings. The Morgan fingerprint density at radius 1 is 1.22 bits per heavy atom. The van der Waals surface area contributed by atoms with Crippen molar-refractivity contribution in [1.82, 2.24) is 15.5 Å². The molecule has 1 aromatic carbocycles. The molecule has 0 saturated heterocycles. The normalized spacial score (nSPS) is 10.8. The molecule has 0 unspecified atom stereocenters. The summed E-state index contributed by atoms with van der Waals surface area (Å²) < 4.78 is 0. The first-order valence-corrected chi connectivity index (χ1v) is 7.27. The maximum absolute atomic E-state index is 6.14. The fourth-order valence-electron chi connectivity index (χ4n) is 1.53. The van der Waals surface area contributed by atoms with E-state index in [9.17, 15) is 0 Å². The van der Waals surface area contributed by atoms with Gasteiger partial charge >= 0.3 is 0 Å². The van der Waals surface area contributed by atoms with Crippen molar-refractivity contribution in [2.75, 3.05) is 13.1 Å². The molecule has 0 aliphatic heterocycles. The molecule has 2 aromatic rings. The molecule has 1 aromatic heterocycles. The molecule has 1 N–H and O–H groups in total. The van der Waals surface area contributed by atoms with Gasteiger partial charge in [0, 0.05) is 18.5 Å². The lowest BCUT2D eigenvalue weighted by molar-refractivity contribution is 0.710. The van der Waals surface area contributed by atoms with Crippen LogP contribution in [-0.4, -0.2) is 23.3 Å². The highest BCUT2D eigenvalue weighted by Gasteiger charge is 2.13. The third-order valence-corrected chi connectivity index (χ3v) is 4.04. The zero-order chi connectivity index (χ0) is 13.0. The summed E-state index contributed by atoms with van der Waals surface area (Å²) in [5.41, 5.74) is 0.771. The topological polar surface area (TPSA) is 37.8 Å². The van der Waals surface area contributed by atoms with Crippen molar-refractivity contribution >= 4 is 34.5 Å². The molecule has 2 rings (SSSR count). The fourth-order valence-corrected chi connectivity index (χ4v) is 3.13. The van der Waals surface area contributed by atoms with Crippen LogP contribution in [0.5, 0.6) is 0 Å². The second-order valence-electron chi connectivity index (χ2n) is 3.70. The van der Waals surface area contributed by atoms with Crippen LogP contribution in [0.25, 0.3) is 10.6 Å². The van der Waals surface area contributed by atoms with Gasteiger partial charge in [0.05, 0.1) is 10.0 Å². The summed E-state index contributed by atoms with van der Waals surface area (Å²) in [4.78, 5) is 0. The van der Waals surface area contributed by atoms with E-state index in [1.807, 2.05) is 18.2 Å². The van der Waals surface area contributed by atoms with E-state index in [-0.39, 0.29) is 0 Å². The lowest BCUT2D eigenvalue weighted by Crippen LogP contribution is -2.15. The van der Waals surface area contributed by atoms with Crippen LogP contribution in [-0.2, 0) is 6.42 Å². The van der Waals surface area contributed by atoms with E-state index in [1.54, 1.807) is 0 Å². The van der Waals surface area contributed by atoms with Crippen LogP contribution < -0.4 is 5.32 Å². The van der Waals surface area contributed by atoms with E-state index in [2.05, 4.69) is 22.4 Å². The molecule has 0 saturated carbocycles. The molecule has 3 nitrogen and oxygen atoms in total. The quantitative estimate of drug-likeness (QED) is 0.856. The van der Waals surface area contributed by atoms with Gasteiger partial charge in [-0.3, -0.25) is 0 Å². The zero-order valence-corrected chi connectivity index (χ0v) is 12.2. The van der Waals surface area contributed by atoms with Gasteiger partial charge < -0.3 is 5.32 Å². The molecule has 0 aliphatic carbocycles. The highest BCUT2D eigenvalue weighted by atomic mass is 35.5. The molecule has 0 atom stereocenters. The average Bonchev–Trinajstić information content (AvgIpc) is 2.78. The third kappa shape index (κ3) is 3.20. The van der Waals surface area contributed by atoms with Crippen molar-refractivity contribution < 1.29 is 0 Å². The molecular weight excluding hydrogens is 289 g/mol. The Bertz CT molecular complexity index is 508. The minimum atomic E-state index is 0.608. The molecule has 0 spiro atoms. The third-order valence-electron chi connectivity index (χ3n) is 2.41. The monoisotopic (exact) mass is 301 g/mol. The molecule has 0 radical (unpaired) electrons. The van der Waals surface area contributed by atoms with E-state index in [0.29, 0.717) is 10.0 Å². The van der Waals surface area contributed by atoms with Crippen molar-refractivity contribution in [1.29, 1.82) is 0 Å². The first-order chi connectivity index (χ1) is 8.72. The van der Waals surface area contributed by atoms with Crippen LogP contribution in [0.3, 0.4) is 0 Å². The Balaban J connectivity index is 2.19. The van der Waals surface area contributed by atoms with Gasteiger partial charge in [0.2, 0.25) is 0 Å². The Labute approximate surface area is 120 Å². The van der Waals surface area contributed by atoms with Crippen molar-refractivity contribution in [3.63, 3.8) is 0 Å². The van der Waals surface area contributed by atoms with Crippen LogP contribution in [0.4, 0.5) is 0 Å². The van der Waals surface area contributed by atoms with E-state index in [0.717, 1.165) is 35.1 Å². The first kappa shape index (κ1) is 13.7. The molecule has 1 heterocycles. The number of aromatic nitrogens is 2. The van der Waals surface area contributed by atoms with Crippen LogP contribution in [0.15, 0.2) is 18.2 Å². The largest absolute Gasteiger partial charge is 0.317 e. The van der Waals surface area contributed by atoms with E-state index in [1.165, 1.54) is 11.3 Å². The fraction of sp³-hybridized carbons (Fsp3) is 0.333. The van der Waals surface area contributed by atoms with Crippen LogP contribution in [0.1, 0.15) is 11.9 Å². The summed E-state index contributed by atoms with van der Waals surface area (Å²) in [5, 5.41) is 14.6. The first-order valence-electron chi connectivity index (χ1n) is 5.70. The lowest BCUT2D eigenvalue weighted by atomic mass is 10.2. The summed E-state index contributed by atoms with van der Waals surface area (Å²) in [6, 6.07) is 5.44. The Hall–Kier alpha value is -0.680. The summed E-state index contributed by atoms with van der Waals surface area (Å²) in [6.45, 7) is 3.94. The van der Waals surface area contributed by atoms with Crippen molar-refractivity contribution in [2.24, 2.45) is 0 Å². The summed E-state index contributed by atoms with van der Waals surface area (Å²) in [7, 11) is 0. The molecule has 96 valence electrons. The summed E-state index contributed by atoms with van der Waals surface area (Å²) in [5.74, 6) is 0. The molecule has 18 heavy (non-hydrogen) atoms. The Morgan fingerprint density at radius 2 is 1.94 bits per heavy atom. The highest BCUT2D eigenvalue weighted by molar-refractivity contribution is 7.14. The van der Waals surface area contributed by atoms with Crippen LogP contribution in [0, 0.1) is 0 Å². The Morgan fingerprint density at radius 3 is 2.61 bits per heavy atom. The molecule has 0 bridgehead atoms. The van der Waals surface area contributed by atoms with Gasteiger partial charge in [-0.15, -0.1) is 10.2 Å². The van der Waals surface area contributed by atoms with Crippen molar-refractivity contribution in [3.05, 3.63) is 33.3 Å². The lowest BCUT2D eigenvalue weighted by Gasteiger charge is -2.01. The van der Waals surface area contributed by atoms with Gasteiger partial charge in [0.25, 0.3) is 0 Å². The van der Waals surface area contributed by atoms with Crippen molar-refractivity contribution in [3.8, 4) is 10.6 Å². The van der Waals surface area contributed by atoms with E-state index in [4.69, 9.17) is 23.2 Å². The number of halogens is 2. The number of hydrogen-bond acceptors (Lipinski definition) is 4. The summed E-state index contributed by atoms with van der Waals surface area (Å²) in [6.07, 6.45) is 0.869. The average molecular weight is 302 g/mol. The second kappa shape index (κ2) is 6.48. The molecule has 0 amide bonds. The standard InChI is InChI=1S/C12H13Cl2N3S/c1-2-15-7-6-10-16-17-12(18-10)11-8(13)4-3-5-9(11)14/h3-5,15H,2,6-7H2,1H3. The zero-order valence-electron chi connectivity index (χ0n) is 9.91. The number of benzene rings is 1. The van der Waals surface area contributed by atoms with Crippen molar-refractivity contribution in [2.45, 2.75) is 13.3 Å². The van der Waals surface area contributed by atoms with Crippen LogP contribution in [0.2, 0.25) is 10.0 Å². The SMILES string of the molecule is CCNCCc1nnc(-c2c(Cl)cccc2Cl)s1. The number of nitrogens with one attached hydrogen (secondary N) is 1. The number of hydrogen-bond donors (Lipinski definition) is 1. The predicted molar refractivity (Wildman–Crippen MR) is 77.6 cm³/mol. The number of rotatable bonds is 5. The number of nitrogens with zero attached hydrogens (tertiary/aromatic N) is 2. The van der Waals surface area contributed by atoms with Gasteiger partial charge in [-0.2, -0.15) is 0 Å². The van der Waals surface area contributed by atoms with E-state index >= 15 is 0 Å². The molecule has 6 heteroatoms. The number of likely N-dealkylation sites (N-methyl/N-ethyl adjacent to an activating group) is 1.